The van der Waals surface area contributed by atoms with E-state index in [1.807, 2.05) is 16.7 Å². The first-order valence-electron chi connectivity index (χ1n) is 6.21. The normalized spacial score (nSPS) is 18.6. The SMILES string of the molecule is CN1CCC(c2nc(Cl)c3c(O)cccn23)CC1. The molecule has 0 bridgehead atoms. The second-order valence-electron chi connectivity index (χ2n) is 4.95. The first kappa shape index (κ1) is 11.8. The summed E-state index contributed by atoms with van der Waals surface area (Å²) in [5.74, 6) is 1.58. The fourth-order valence-corrected chi connectivity index (χ4v) is 2.93. The third-order valence-corrected chi connectivity index (χ3v) is 3.97. The quantitative estimate of drug-likeness (QED) is 0.861. The van der Waals surface area contributed by atoms with Crippen molar-refractivity contribution < 1.29 is 5.11 Å². The molecular weight excluding hydrogens is 250 g/mol. The van der Waals surface area contributed by atoms with Crippen molar-refractivity contribution in [3.63, 3.8) is 0 Å². The third kappa shape index (κ3) is 1.85. The van der Waals surface area contributed by atoms with Crippen molar-refractivity contribution in [2.75, 3.05) is 20.1 Å². The number of halogens is 1. The number of aromatic hydroxyl groups is 1. The largest absolute Gasteiger partial charge is 0.506 e. The van der Waals surface area contributed by atoms with Crippen molar-refractivity contribution in [1.82, 2.24) is 14.3 Å². The molecule has 5 heteroatoms. The van der Waals surface area contributed by atoms with Crippen LogP contribution in [0, 0.1) is 0 Å². The lowest BCUT2D eigenvalue weighted by Gasteiger charge is -2.28. The molecule has 18 heavy (non-hydrogen) atoms. The molecule has 0 aromatic carbocycles. The number of piperidine rings is 1. The zero-order valence-electron chi connectivity index (χ0n) is 10.3. The zero-order valence-corrected chi connectivity index (χ0v) is 11.1. The lowest BCUT2D eigenvalue weighted by atomic mass is 9.96. The van der Waals surface area contributed by atoms with Crippen molar-refractivity contribution in [2.24, 2.45) is 0 Å². The van der Waals surface area contributed by atoms with Crippen LogP contribution in [-0.2, 0) is 0 Å². The summed E-state index contributed by atoms with van der Waals surface area (Å²) < 4.78 is 1.92. The first-order valence-corrected chi connectivity index (χ1v) is 6.58. The Morgan fingerprint density at radius 2 is 2.11 bits per heavy atom. The van der Waals surface area contributed by atoms with Gasteiger partial charge in [0.15, 0.2) is 5.15 Å². The first-order chi connectivity index (χ1) is 8.66. The number of nitrogens with zero attached hydrogens (tertiary/aromatic N) is 3. The summed E-state index contributed by atoms with van der Waals surface area (Å²) in [4.78, 5) is 6.77. The molecule has 0 aliphatic carbocycles. The molecule has 1 N–H and O–H groups in total. The predicted octanol–water partition coefficient (Wildman–Crippen LogP) is 2.50. The van der Waals surface area contributed by atoms with Gasteiger partial charge in [-0.25, -0.2) is 4.98 Å². The van der Waals surface area contributed by atoms with Gasteiger partial charge in [-0.2, -0.15) is 0 Å². The van der Waals surface area contributed by atoms with E-state index in [0.29, 0.717) is 16.6 Å². The number of rotatable bonds is 1. The Bertz CT molecular complexity index is 573. The number of likely N-dealkylation sites (tertiary alicyclic amines) is 1. The van der Waals surface area contributed by atoms with Crippen molar-refractivity contribution in [3.05, 3.63) is 29.3 Å². The lowest BCUT2D eigenvalue weighted by molar-refractivity contribution is 0.251. The zero-order chi connectivity index (χ0) is 12.7. The highest BCUT2D eigenvalue weighted by Gasteiger charge is 2.24. The van der Waals surface area contributed by atoms with Crippen LogP contribution in [0.1, 0.15) is 24.6 Å². The molecule has 1 saturated heterocycles. The maximum atomic E-state index is 9.85. The Hall–Kier alpha value is -1.26. The Morgan fingerprint density at radius 1 is 1.39 bits per heavy atom. The van der Waals surface area contributed by atoms with E-state index in [1.54, 1.807) is 6.07 Å². The molecule has 1 aliphatic rings. The summed E-state index contributed by atoms with van der Waals surface area (Å²) in [5.41, 5.74) is 0.619. The monoisotopic (exact) mass is 265 g/mol. The third-order valence-electron chi connectivity index (χ3n) is 3.71. The van der Waals surface area contributed by atoms with Crippen LogP contribution in [0.4, 0.5) is 0 Å². The highest BCUT2D eigenvalue weighted by Crippen LogP contribution is 2.33. The molecule has 0 amide bonds. The van der Waals surface area contributed by atoms with Crippen LogP contribution in [0.3, 0.4) is 0 Å². The number of fused-ring (bicyclic) bond motifs is 1. The van der Waals surface area contributed by atoms with Gasteiger partial charge in [0, 0.05) is 12.1 Å². The minimum absolute atomic E-state index is 0.189. The molecule has 0 spiro atoms. The standard InChI is InChI=1S/C13H16ClN3O/c1-16-7-4-9(5-8-16)13-15-12(14)11-10(18)3-2-6-17(11)13/h2-3,6,9,18H,4-5,7-8H2,1H3. The van der Waals surface area contributed by atoms with Crippen LogP contribution >= 0.6 is 11.6 Å². The van der Waals surface area contributed by atoms with Crippen molar-refractivity contribution in [1.29, 1.82) is 0 Å². The van der Waals surface area contributed by atoms with Gasteiger partial charge in [0.1, 0.15) is 17.1 Å². The summed E-state index contributed by atoms with van der Waals surface area (Å²) in [5, 5.41) is 10.2. The maximum Gasteiger partial charge on any atom is 0.158 e. The van der Waals surface area contributed by atoms with E-state index >= 15 is 0 Å². The number of hydrogen-bond acceptors (Lipinski definition) is 3. The molecule has 1 aliphatic heterocycles. The molecule has 0 saturated carbocycles. The van der Waals surface area contributed by atoms with Crippen LogP contribution in [0.25, 0.3) is 5.52 Å². The average Bonchev–Trinajstić information content (AvgIpc) is 2.69. The van der Waals surface area contributed by atoms with Crippen LogP contribution < -0.4 is 0 Å². The van der Waals surface area contributed by atoms with E-state index < -0.39 is 0 Å². The van der Waals surface area contributed by atoms with E-state index in [-0.39, 0.29) is 5.75 Å². The highest BCUT2D eigenvalue weighted by atomic mass is 35.5. The summed E-state index contributed by atoms with van der Waals surface area (Å²) in [7, 11) is 2.14. The molecule has 3 rings (SSSR count). The van der Waals surface area contributed by atoms with Gasteiger partial charge in [-0.1, -0.05) is 11.6 Å². The fraction of sp³-hybridized carbons (Fsp3) is 0.462. The van der Waals surface area contributed by atoms with Gasteiger partial charge in [0.05, 0.1) is 0 Å². The summed E-state index contributed by atoms with van der Waals surface area (Å²) in [6.45, 7) is 2.16. The molecule has 2 aromatic rings. The van der Waals surface area contributed by atoms with E-state index in [0.717, 1.165) is 31.8 Å². The van der Waals surface area contributed by atoms with Crippen molar-refractivity contribution >= 4 is 17.1 Å². The van der Waals surface area contributed by atoms with E-state index in [4.69, 9.17) is 11.6 Å². The molecule has 0 atom stereocenters. The Labute approximate surface area is 111 Å². The fourth-order valence-electron chi connectivity index (χ4n) is 2.66. The van der Waals surface area contributed by atoms with Gasteiger partial charge in [0.25, 0.3) is 0 Å². The lowest BCUT2D eigenvalue weighted by Crippen LogP contribution is -2.29. The van der Waals surface area contributed by atoms with Gasteiger partial charge < -0.3 is 10.0 Å². The number of pyridine rings is 1. The molecule has 0 radical (unpaired) electrons. The van der Waals surface area contributed by atoms with Crippen LogP contribution in [-0.4, -0.2) is 39.5 Å². The number of hydrogen-bond donors (Lipinski definition) is 1. The predicted molar refractivity (Wildman–Crippen MR) is 71.3 cm³/mol. The molecule has 4 nitrogen and oxygen atoms in total. The molecule has 3 heterocycles. The molecule has 1 fully saturated rings. The minimum atomic E-state index is 0.189. The molecular formula is C13H16ClN3O. The van der Waals surface area contributed by atoms with E-state index in [2.05, 4.69) is 16.9 Å². The van der Waals surface area contributed by atoms with Gasteiger partial charge >= 0.3 is 0 Å². The number of imidazole rings is 1. The summed E-state index contributed by atoms with van der Waals surface area (Å²) in [6, 6.07) is 3.46. The second-order valence-corrected chi connectivity index (χ2v) is 5.31. The maximum absolute atomic E-state index is 9.85. The Morgan fingerprint density at radius 3 is 2.83 bits per heavy atom. The van der Waals surface area contributed by atoms with Gasteiger partial charge in [-0.05, 0) is 45.1 Å². The minimum Gasteiger partial charge on any atom is -0.506 e. The van der Waals surface area contributed by atoms with E-state index in [1.165, 1.54) is 0 Å². The van der Waals surface area contributed by atoms with Crippen molar-refractivity contribution in [2.45, 2.75) is 18.8 Å². The molecule has 0 unspecified atom stereocenters. The molecule has 2 aromatic heterocycles. The second kappa shape index (κ2) is 4.44. The average molecular weight is 266 g/mol. The van der Waals surface area contributed by atoms with E-state index in [9.17, 15) is 5.11 Å². The van der Waals surface area contributed by atoms with Crippen LogP contribution in [0.5, 0.6) is 5.75 Å². The van der Waals surface area contributed by atoms with Gasteiger partial charge in [0.2, 0.25) is 0 Å². The smallest absolute Gasteiger partial charge is 0.158 e. The summed E-state index contributed by atoms with van der Waals surface area (Å²) in [6.07, 6.45) is 4.09. The van der Waals surface area contributed by atoms with Crippen LogP contribution in [0.15, 0.2) is 18.3 Å². The Kier molecular flexibility index (Phi) is 2.92. The Balaban J connectivity index is 2.05. The van der Waals surface area contributed by atoms with Crippen molar-refractivity contribution in [3.8, 4) is 5.75 Å². The number of aromatic nitrogens is 2. The van der Waals surface area contributed by atoms with Crippen LogP contribution in [0.2, 0.25) is 5.15 Å². The molecule has 96 valence electrons. The topological polar surface area (TPSA) is 40.8 Å². The van der Waals surface area contributed by atoms with Gasteiger partial charge in [-0.3, -0.25) is 4.40 Å². The summed E-state index contributed by atoms with van der Waals surface area (Å²) >= 11 is 6.13. The highest BCUT2D eigenvalue weighted by molar-refractivity contribution is 6.33. The van der Waals surface area contributed by atoms with Gasteiger partial charge in [-0.15, -0.1) is 0 Å².